The van der Waals surface area contributed by atoms with Gasteiger partial charge in [-0.25, -0.2) is 9.97 Å². The fourth-order valence-electron chi connectivity index (χ4n) is 1.66. The molecule has 0 radical (unpaired) electrons. The Morgan fingerprint density at radius 2 is 1.79 bits per heavy atom. The molecule has 0 saturated carbocycles. The number of halogens is 4. The van der Waals surface area contributed by atoms with E-state index in [1.54, 1.807) is 4.90 Å². The highest BCUT2D eigenvalue weighted by Crippen LogP contribution is 2.31. The van der Waals surface area contributed by atoms with Crippen LogP contribution in [0.15, 0.2) is 6.07 Å². The van der Waals surface area contributed by atoms with Gasteiger partial charge in [-0.3, -0.25) is 0 Å². The minimum Gasteiger partial charge on any atom is -0.354 e. The second-order valence-corrected chi connectivity index (χ2v) is 5.36. The van der Waals surface area contributed by atoms with Gasteiger partial charge >= 0.3 is 6.18 Å². The second kappa shape index (κ2) is 5.94. The highest BCUT2D eigenvalue weighted by molar-refractivity contribution is 6.28. The molecule has 0 N–H and O–H groups in total. The maximum atomic E-state index is 12.7. The summed E-state index contributed by atoms with van der Waals surface area (Å²) in [5.74, 6) is 0.501. The zero-order valence-electron chi connectivity index (χ0n) is 11.3. The molecule has 0 fully saturated rings. The molecule has 1 heterocycles. The third-order valence-corrected chi connectivity index (χ3v) is 2.62. The number of hydrogen-bond acceptors (Lipinski definition) is 3. The Hall–Kier alpha value is -1.04. The average Bonchev–Trinajstić information content (AvgIpc) is 2.23. The highest BCUT2D eigenvalue weighted by atomic mass is 35.5. The number of anilines is 1. The van der Waals surface area contributed by atoms with Crippen molar-refractivity contribution in [3.8, 4) is 0 Å². The summed E-state index contributed by atoms with van der Waals surface area (Å²) in [6, 6.07) is 0.961. The molecule has 0 saturated heterocycles. The third kappa shape index (κ3) is 4.53. The number of alkyl halides is 3. The van der Waals surface area contributed by atoms with Gasteiger partial charge < -0.3 is 4.90 Å². The number of aromatic nitrogens is 2. The van der Waals surface area contributed by atoms with Crippen molar-refractivity contribution >= 4 is 17.4 Å². The first-order valence-electron chi connectivity index (χ1n) is 5.99. The molecule has 1 aromatic rings. The average molecular weight is 296 g/mol. The van der Waals surface area contributed by atoms with Crippen molar-refractivity contribution in [3.05, 3.63) is 17.0 Å². The first kappa shape index (κ1) is 16.0. The molecule has 0 amide bonds. The summed E-state index contributed by atoms with van der Waals surface area (Å²) >= 11 is 5.59. The van der Waals surface area contributed by atoms with Gasteiger partial charge in [0.15, 0.2) is 5.69 Å². The first-order chi connectivity index (χ1) is 8.61. The van der Waals surface area contributed by atoms with Gasteiger partial charge in [0.05, 0.1) is 0 Å². The summed E-state index contributed by atoms with van der Waals surface area (Å²) in [6.45, 7) is 8.37. The summed E-state index contributed by atoms with van der Waals surface area (Å²) in [5, 5.41) is -0.390. The Bertz CT molecular complexity index is 433. The van der Waals surface area contributed by atoms with Gasteiger partial charge in [-0.05, 0) is 31.4 Å². The van der Waals surface area contributed by atoms with E-state index in [0.29, 0.717) is 12.5 Å². The SMILES string of the molecule is CC(C)CN(c1cc(C(F)(F)F)nc(Cl)n1)C(C)C. The Labute approximate surface area is 115 Å². The summed E-state index contributed by atoms with van der Waals surface area (Å²) in [5.41, 5.74) is -1.02. The van der Waals surface area contributed by atoms with Gasteiger partial charge in [-0.1, -0.05) is 13.8 Å². The smallest absolute Gasteiger partial charge is 0.354 e. The Kier molecular flexibility index (Phi) is 5.01. The molecule has 0 atom stereocenters. The zero-order valence-corrected chi connectivity index (χ0v) is 12.0. The minimum atomic E-state index is -4.53. The summed E-state index contributed by atoms with van der Waals surface area (Å²) in [6.07, 6.45) is -4.53. The molecule has 7 heteroatoms. The van der Waals surface area contributed by atoms with Crippen molar-refractivity contribution in [2.75, 3.05) is 11.4 Å². The summed E-state index contributed by atoms with van der Waals surface area (Å²) in [4.78, 5) is 8.92. The molecular formula is C12H17ClF3N3. The lowest BCUT2D eigenvalue weighted by atomic mass is 10.1. The first-order valence-corrected chi connectivity index (χ1v) is 6.37. The molecule has 0 bridgehead atoms. The van der Waals surface area contributed by atoms with Crippen molar-refractivity contribution in [1.29, 1.82) is 0 Å². The van der Waals surface area contributed by atoms with E-state index in [1.807, 2.05) is 27.7 Å². The third-order valence-electron chi connectivity index (χ3n) is 2.46. The van der Waals surface area contributed by atoms with E-state index in [1.165, 1.54) is 0 Å². The molecule has 1 rings (SSSR count). The molecule has 19 heavy (non-hydrogen) atoms. The molecule has 3 nitrogen and oxygen atoms in total. The van der Waals surface area contributed by atoms with E-state index in [9.17, 15) is 13.2 Å². The van der Waals surface area contributed by atoms with Gasteiger partial charge in [0.1, 0.15) is 5.82 Å². The van der Waals surface area contributed by atoms with Gasteiger partial charge in [0, 0.05) is 18.7 Å². The van der Waals surface area contributed by atoms with E-state index >= 15 is 0 Å². The molecule has 0 unspecified atom stereocenters. The molecule has 0 aromatic carbocycles. The zero-order chi connectivity index (χ0) is 14.8. The molecule has 108 valence electrons. The normalized spacial score (nSPS) is 12.3. The maximum absolute atomic E-state index is 12.7. The van der Waals surface area contributed by atoms with Crippen LogP contribution < -0.4 is 4.90 Å². The van der Waals surface area contributed by atoms with Crippen LogP contribution in [-0.2, 0) is 6.18 Å². The van der Waals surface area contributed by atoms with Crippen LogP contribution in [0.3, 0.4) is 0 Å². The van der Waals surface area contributed by atoms with Crippen LogP contribution in [0.5, 0.6) is 0 Å². The molecule has 0 spiro atoms. The van der Waals surface area contributed by atoms with E-state index in [2.05, 4.69) is 9.97 Å². The van der Waals surface area contributed by atoms with Gasteiger partial charge in [0.25, 0.3) is 0 Å². The fourth-order valence-corrected chi connectivity index (χ4v) is 1.84. The van der Waals surface area contributed by atoms with Crippen molar-refractivity contribution < 1.29 is 13.2 Å². The molecule has 0 aliphatic heterocycles. The van der Waals surface area contributed by atoms with Crippen LogP contribution >= 0.6 is 11.6 Å². The van der Waals surface area contributed by atoms with Crippen LogP contribution in [0.25, 0.3) is 0 Å². The van der Waals surface area contributed by atoms with E-state index in [4.69, 9.17) is 11.6 Å². The number of nitrogens with zero attached hydrogens (tertiary/aromatic N) is 3. The van der Waals surface area contributed by atoms with Crippen molar-refractivity contribution in [3.63, 3.8) is 0 Å². The fraction of sp³-hybridized carbons (Fsp3) is 0.667. The van der Waals surface area contributed by atoms with Crippen LogP contribution in [0.4, 0.5) is 19.0 Å². The molecule has 1 aromatic heterocycles. The quantitative estimate of drug-likeness (QED) is 0.786. The summed E-state index contributed by atoms with van der Waals surface area (Å²) < 4.78 is 38.1. The molecule has 0 aliphatic carbocycles. The number of rotatable bonds is 4. The second-order valence-electron chi connectivity index (χ2n) is 5.02. The van der Waals surface area contributed by atoms with E-state index in [0.717, 1.165) is 6.07 Å². The molecular weight excluding hydrogens is 279 g/mol. The van der Waals surface area contributed by atoms with E-state index < -0.39 is 11.9 Å². The van der Waals surface area contributed by atoms with E-state index in [-0.39, 0.29) is 17.1 Å². The highest BCUT2D eigenvalue weighted by Gasteiger charge is 2.34. The van der Waals surface area contributed by atoms with Crippen LogP contribution in [-0.4, -0.2) is 22.6 Å². The Balaban J connectivity index is 3.20. The van der Waals surface area contributed by atoms with Crippen LogP contribution in [0, 0.1) is 5.92 Å². The lowest BCUT2D eigenvalue weighted by Gasteiger charge is -2.30. The largest absolute Gasteiger partial charge is 0.433 e. The van der Waals surface area contributed by atoms with Gasteiger partial charge in [-0.15, -0.1) is 0 Å². The van der Waals surface area contributed by atoms with Crippen LogP contribution in [0.2, 0.25) is 5.28 Å². The van der Waals surface area contributed by atoms with Gasteiger partial charge in [0.2, 0.25) is 5.28 Å². The lowest BCUT2D eigenvalue weighted by Crippen LogP contribution is -2.35. The number of hydrogen-bond donors (Lipinski definition) is 0. The van der Waals surface area contributed by atoms with Crippen molar-refractivity contribution in [2.45, 2.75) is 39.9 Å². The standard InChI is InChI=1S/C12H17ClF3N3/c1-7(2)6-19(8(3)4)10-5-9(12(14,15)16)17-11(13)18-10/h5,7-8H,6H2,1-4H3. The Morgan fingerprint density at radius 1 is 1.21 bits per heavy atom. The summed E-state index contributed by atoms with van der Waals surface area (Å²) in [7, 11) is 0. The monoisotopic (exact) mass is 295 g/mol. The lowest BCUT2D eigenvalue weighted by molar-refractivity contribution is -0.141. The van der Waals surface area contributed by atoms with Crippen LogP contribution in [0.1, 0.15) is 33.4 Å². The minimum absolute atomic E-state index is 0.0226. The van der Waals surface area contributed by atoms with Crippen molar-refractivity contribution in [2.24, 2.45) is 5.92 Å². The predicted octanol–water partition coefficient (Wildman–Crippen LogP) is 4.02. The van der Waals surface area contributed by atoms with Crippen molar-refractivity contribution in [1.82, 2.24) is 9.97 Å². The maximum Gasteiger partial charge on any atom is 0.433 e. The topological polar surface area (TPSA) is 29.0 Å². The molecule has 0 aliphatic rings. The van der Waals surface area contributed by atoms with Gasteiger partial charge in [-0.2, -0.15) is 13.2 Å². The Morgan fingerprint density at radius 3 is 2.21 bits per heavy atom. The predicted molar refractivity (Wildman–Crippen MR) is 69.4 cm³/mol.